The van der Waals surface area contributed by atoms with Gasteiger partial charge in [0.05, 0.1) is 11.7 Å². The molecule has 0 aromatic carbocycles. The third-order valence-electron chi connectivity index (χ3n) is 3.05. The van der Waals surface area contributed by atoms with Gasteiger partial charge >= 0.3 is 6.18 Å². The molecule has 0 radical (unpaired) electrons. The molecular weight excluding hydrogens is 271 g/mol. The van der Waals surface area contributed by atoms with E-state index >= 15 is 0 Å². The minimum atomic E-state index is -4.38. The number of ether oxygens (including phenoxy) is 1. The molecule has 0 aliphatic carbocycles. The van der Waals surface area contributed by atoms with Gasteiger partial charge in [0.25, 0.3) is 0 Å². The predicted octanol–water partition coefficient (Wildman–Crippen LogP) is 3.12. The Hall–Kier alpha value is -1.50. The second kappa shape index (κ2) is 6.30. The van der Waals surface area contributed by atoms with E-state index in [1.165, 1.54) is 0 Å². The minimum absolute atomic E-state index is 0.0499. The van der Waals surface area contributed by atoms with Crippen molar-refractivity contribution in [3.05, 3.63) is 17.7 Å². The maximum absolute atomic E-state index is 12.8. The average Bonchev–Trinajstić information content (AvgIpc) is 2.88. The van der Waals surface area contributed by atoms with Crippen LogP contribution in [0.4, 0.5) is 24.8 Å². The molecule has 0 amide bonds. The first-order valence-corrected chi connectivity index (χ1v) is 6.67. The van der Waals surface area contributed by atoms with E-state index in [4.69, 9.17) is 4.74 Å². The first-order chi connectivity index (χ1) is 9.49. The van der Waals surface area contributed by atoms with E-state index in [1.807, 2.05) is 0 Å². The predicted molar refractivity (Wildman–Crippen MR) is 70.9 cm³/mol. The number of halogens is 3. The molecule has 2 N–H and O–H groups in total. The van der Waals surface area contributed by atoms with Crippen LogP contribution in [-0.4, -0.2) is 30.8 Å². The first kappa shape index (κ1) is 14.9. The molecule has 0 bridgehead atoms. The summed E-state index contributed by atoms with van der Waals surface area (Å²) in [5.41, 5.74) is -0.710. The zero-order chi connectivity index (χ0) is 14.6. The zero-order valence-electron chi connectivity index (χ0n) is 11.3. The van der Waals surface area contributed by atoms with Gasteiger partial charge in [-0.1, -0.05) is 0 Å². The highest BCUT2D eigenvalue weighted by Gasteiger charge is 2.31. The van der Waals surface area contributed by atoms with Crippen LogP contribution in [0.5, 0.6) is 0 Å². The SMILES string of the molecule is CCNc1cc(C(F)(F)F)cc(NCC2CCCO2)n1. The van der Waals surface area contributed by atoms with Crippen LogP contribution in [0, 0.1) is 0 Å². The summed E-state index contributed by atoms with van der Waals surface area (Å²) >= 11 is 0. The second-order valence-corrected chi connectivity index (χ2v) is 4.67. The smallest absolute Gasteiger partial charge is 0.376 e. The average molecular weight is 289 g/mol. The number of nitrogens with one attached hydrogen (secondary N) is 2. The van der Waals surface area contributed by atoms with Crippen molar-refractivity contribution in [3.8, 4) is 0 Å². The number of hydrogen-bond acceptors (Lipinski definition) is 4. The minimum Gasteiger partial charge on any atom is -0.376 e. The molecular formula is C13H18F3N3O. The van der Waals surface area contributed by atoms with Crippen LogP contribution in [0.15, 0.2) is 12.1 Å². The van der Waals surface area contributed by atoms with Crippen molar-refractivity contribution in [1.82, 2.24) is 4.98 Å². The highest BCUT2D eigenvalue weighted by Crippen LogP contribution is 2.32. The third kappa shape index (κ3) is 4.00. The van der Waals surface area contributed by atoms with E-state index in [0.717, 1.165) is 25.0 Å². The van der Waals surface area contributed by atoms with E-state index in [1.54, 1.807) is 6.92 Å². The molecule has 2 heterocycles. The van der Waals surface area contributed by atoms with Gasteiger partial charge < -0.3 is 15.4 Å². The van der Waals surface area contributed by atoms with Crippen LogP contribution in [0.3, 0.4) is 0 Å². The highest BCUT2D eigenvalue weighted by molar-refractivity contribution is 5.49. The van der Waals surface area contributed by atoms with Gasteiger partial charge in [-0.05, 0) is 31.9 Å². The number of nitrogens with zero attached hydrogens (tertiary/aromatic N) is 1. The number of pyridine rings is 1. The van der Waals surface area contributed by atoms with Crippen molar-refractivity contribution in [2.24, 2.45) is 0 Å². The number of hydrogen-bond donors (Lipinski definition) is 2. The standard InChI is InChI=1S/C13H18F3N3O/c1-2-17-11-6-9(13(14,15)16)7-12(19-11)18-8-10-4-3-5-20-10/h6-7,10H,2-5,8H2,1H3,(H2,17,18,19). The Labute approximate surface area is 115 Å². The molecule has 2 rings (SSSR count). The Bertz CT molecular complexity index is 445. The van der Waals surface area contributed by atoms with Gasteiger partial charge in [-0.25, -0.2) is 4.98 Å². The molecule has 1 aliphatic rings. The van der Waals surface area contributed by atoms with Crippen LogP contribution < -0.4 is 10.6 Å². The van der Waals surface area contributed by atoms with Crippen LogP contribution >= 0.6 is 0 Å². The number of rotatable bonds is 5. The zero-order valence-corrected chi connectivity index (χ0v) is 11.3. The molecule has 1 atom stereocenters. The van der Waals surface area contributed by atoms with E-state index < -0.39 is 11.7 Å². The fraction of sp³-hybridized carbons (Fsp3) is 0.615. The molecule has 7 heteroatoms. The monoisotopic (exact) mass is 289 g/mol. The summed E-state index contributed by atoms with van der Waals surface area (Å²) < 4.78 is 43.9. The number of alkyl halides is 3. The molecule has 20 heavy (non-hydrogen) atoms. The molecule has 0 saturated carbocycles. The Morgan fingerprint density at radius 3 is 2.55 bits per heavy atom. The number of anilines is 2. The normalized spacial score (nSPS) is 19.1. The van der Waals surface area contributed by atoms with Crippen LogP contribution in [0.1, 0.15) is 25.3 Å². The second-order valence-electron chi connectivity index (χ2n) is 4.67. The van der Waals surface area contributed by atoms with Gasteiger partial charge in [0.15, 0.2) is 0 Å². The fourth-order valence-corrected chi connectivity index (χ4v) is 2.08. The summed E-state index contributed by atoms with van der Waals surface area (Å²) in [5.74, 6) is 0.434. The van der Waals surface area contributed by atoms with Crippen molar-refractivity contribution < 1.29 is 17.9 Å². The molecule has 1 aromatic rings. The molecule has 112 valence electrons. The summed E-state index contributed by atoms with van der Waals surface area (Å²) in [5, 5.41) is 5.73. The van der Waals surface area contributed by atoms with Crippen molar-refractivity contribution in [1.29, 1.82) is 0 Å². The van der Waals surface area contributed by atoms with Crippen LogP contribution in [0.2, 0.25) is 0 Å². The van der Waals surface area contributed by atoms with Crippen molar-refractivity contribution in [2.75, 3.05) is 30.3 Å². The summed E-state index contributed by atoms with van der Waals surface area (Å²) in [6, 6.07) is 2.04. The topological polar surface area (TPSA) is 46.2 Å². The lowest BCUT2D eigenvalue weighted by molar-refractivity contribution is -0.137. The van der Waals surface area contributed by atoms with E-state index in [9.17, 15) is 13.2 Å². The van der Waals surface area contributed by atoms with Gasteiger partial charge in [-0.2, -0.15) is 13.2 Å². The van der Waals surface area contributed by atoms with Crippen LogP contribution in [-0.2, 0) is 10.9 Å². The maximum atomic E-state index is 12.8. The summed E-state index contributed by atoms with van der Waals surface area (Å²) in [4.78, 5) is 4.12. The first-order valence-electron chi connectivity index (χ1n) is 6.67. The Balaban J connectivity index is 2.11. The van der Waals surface area contributed by atoms with Gasteiger partial charge in [0.2, 0.25) is 0 Å². The van der Waals surface area contributed by atoms with E-state index in [2.05, 4.69) is 15.6 Å². The molecule has 1 saturated heterocycles. The van der Waals surface area contributed by atoms with Crippen molar-refractivity contribution in [2.45, 2.75) is 32.0 Å². The lowest BCUT2D eigenvalue weighted by Gasteiger charge is -2.15. The molecule has 1 aromatic heterocycles. The Morgan fingerprint density at radius 2 is 2.00 bits per heavy atom. The van der Waals surface area contributed by atoms with Crippen molar-refractivity contribution >= 4 is 11.6 Å². The lowest BCUT2D eigenvalue weighted by Crippen LogP contribution is -2.19. The Kier molecular flexibility index (Phi) is 4.69. The molecule has 1 fully saturated rings. The quantitative estimate of drug-likeness (QED) is 0.874. The summed E-state index contributed by atoms with van der Waals surface area (Å²) in [6.07, 6.45) is -2.42. The number of aromatic nitrogens is 1. The summed E-state index contributed by atoms with van der Waals surface area (Å²) in [7, 11) is 0. The third-order valence-corrected chi connectivity index (χ3v) is 3.05. The van der Waals surface area contributed by atoms with E-state index in [0.29, 0.717) is 19.7 Å². The molecule has 4 nitrogen and oxygen atoms in total. The van der Waals surface area contributed by atoms with E-state index in [-0.39, 0.29) is 17.7 Å². The summed E-state index contributed by atoms with van der Waals surface area (Å²) in [6.45, 7) is 3.51. The fourth-order valence-electron chi connectivity index (χ4n) is 2.08. The molecule has 1 aliphatic heterocycles. The lowest BCUT2D eigenvalue weighted by atomic mass is 10.2. The van der Waals surface area contributed by atoms with Gasteiger partial charge in [0, 0.05) is 19.7 Å². The van der Waals surface area contributed by atoms with Crippen molar-refractivity contribution in [3.63, 3.8) is 0 Å². The van der Waals surface area contributed by atoms with Gasteiger partial charge in [0.1, 0.15) is 11.6 Å². The van der Waals surface area contributed by atoms with Gasteiger partial charge in [-0.15, -0.1) is 0 Å². The van der Waals surface area contributed by atoms with Gasteiger partial charge in [-0.3, -0.25) is 0 Å². The molecule has 0 spiro atoms. The Morgan fingerprint density at radius 1 is 1.30 bits per heavy atom. The van der Waals surface area contributed by atoms with Crippen LogP contribution in [0.25, 0.3) is 0 Å². The highest BCUT2D eigenvalue weighted by atomic mass is 19.4. The molecule has 1 unspecified atom stereocenters. The largest absolute Gasteiger partial charge is 0.416 e. The maximum Gasteiger partial charge on any atom is 0.416 e.